The van der Waals surface area contributed by atoms with Gasteiger partial charge in [-0.3, -0.25) is 14.3 Å². The summed E-state index contributed by atoms with van der Waals surface area (Å²) in [5.41, 5.74) is 4.14. The predicted molar refractivity (Wildman–Crippen MR) is 133 cm³/mol. The van der Waals surface area contributed by atoms with Gasteiger partial charge in [-0.05, 0) is 63.1 Å². The van der Waals surface area contributed by atoms with Crippen LogP contribution in [0.2, 0.25) is 10.0 Å². The Hall–Kier alpha value is -2.74. The molecule has 1 aliphatic rings. The minimum absolute atomic E-state index is 0.292. The Morgan fingerprint density at radius 2 is 1.88 bits per heavy atom. The molecular weight excluding hydrogens is 457 g/mol. The lowest BCUT2D eigenvalue weighted by atomic mass is 10.0. The number of pyridine rings is 1. The number of aromatic nitrogens is 5. The molecule has 3 aromatic heterocycles. The molecule has 9 heteroatoms. The number of nitrogens with zero attached hydrogens (tertiary/aromatic N) is 6. The van der Waals surface area contributed by atoms with Crippen molar-refractivity contribution in [1.29, 1.82) is 0 Å². The molecule has 1 aliphatic heterocycles. The van der Waals surface area contributed by atoms with Crippen molar-refractivity contribution in [3.05, 3.63) is 59.1 Å². The van der Waals surface area contributed by atoms with E-state index in [1.165, 1.54) is 0 Å². The Labute approximate surface area is 202 Å². The minimum atomic E-state index is 0.292. The first-order chi connectivity index (χ1) is 16.0. The van der Waals surface area contributed by atoms with Crippen LogP contribution in [0, 0.1) is 0 Å². The molecule has 0 spiro atoms. The average molecular weight is 482 g/mol. The zero-order valence-corrected chi connectivity index (χ0v) is 20.1. The Balaban J connectivity index is 1.65. The second kappa shape index (κ2) is 9.25. The highest BCUT2D eigenvalue weighted by atomic mass is 35.5. The number of fused-ring (bicyclic) bond motifs is 1. The summed E-state index contributed by atoms with van der Waals surface area (Å²) in [5.74, 6) is 0.723. The van der Waals surface area contributed by atoms with E-state index in [2.05, 4.69) is 39.2 Å². The fraction of sp³-hybridized carbons (Fsp3) is 0.333. The minimum Gasteiger partial charge on any atom is -0.351 e. The largest absolute Gasteiger partial charge is 0.351 e. The molecule has 4 aromatic rings. The van der Waals surface area contributed by atoms with E-state index in [0.717, 1.165) is 54.3 Å². The standard InChI is InChI=1S/C24H25Cl2N7/c1-15(2)32-11-3-4-18(13-32)29-24-30-22(16-7-9-27-10-8-16)21(23-31-28-14-33(23)24)17-5-6-19(25)20(26)12-17/h5-10,12,14-15,18H,3-4,11,13H2,1-2H3,(H,29,30). The van der Waals surface area contributed by atoms with Crippen LogP contribution in [0.3, 0.4) is 0 Å². The van der Waals surface area contributed by atoms with Gasteiger partial charge in [0.2, 0.25) is 5.95 Å². The second-order valence-electron chi connectivity index (χ2n) is 8.62. The van der Waals surface area contributed by atoms with Crippen molar-refractivity contribution < 1.29 is 0 Å². The van der Waals surface area contributed by atoms with E-state index in [9.17, 15) is 0 Å². The van der Waals surface area contributed by atoms with Crippen molar-refractivity contribution in [2.75, 3.05) is 18.4 Å². The number of nitrogens with one attached hydrogen (secondary N) is 1. The van der Waals surface area contributed by atoms with Crippen LogP contribution in [0.15, 0.2) is 49.1 Å². The zero-order valence-electron chi connectivity index (χ0n) is 18.5. The highest BCUT2D eigenvalue weighted by Crippen LogP contribution is 2.37. The van der Waals surface area contributed by atoms with Gasteiger partial charge in [-0.15, -0.1) is 10.2 Å². The molecule has 1 saturated heterocycles. The maximum atomic E-state index is 6.36. The van der Waals surface area contributed by atoms with Crippen LogP contribution in [0.1, 0.15) is 26.7 Å². The Bertz CT molecular complexity index is 1270. The predicted octanol–water partition coefficient (Wildman–Crippen LogP) is 5.44. The Morgan fingerprint density at radius 1 is 1.06 bits per heavy atom. The van der Waals surface area contributed by atoms with Gasteiger partial charge in [0.1, 0.15) is 6.33 Å². The Morgan fingerprint density at radius 3 is 2.64 bits per heavy atom. The first-order valence-corrected chi connectivity index (χ1v) is 11.9. The summed E-state index contributed by atoms with van der Waals surface area (Å²) < 4.78 is 1.91. The lowest BCUT2D eigenvalue weighted by molar-refractivity contribution is 0.174. The van der Waals surface area contributed by atoms with Gasteiger partial charge in [-0.2, -0.15) is 0 Å². The van der Waals surface area contributed by atoms with E-state index in [1.807, 2.05) is 28.7 Å². The van der Waals surface area contributed by atoms with Crippen LogP contribution in [0.5, 0.6) is 0 Å². The molecule has 1 atom stereocenters. The maximum absolute atomic E-state index is 6.36. The average Bonchev–Trinajstić information content (AvgIpc) is 3.32. The summed E-state index contributed by atoms with van der Waals surface area (Å²) in [6, 6.07) is 10.3. The fourth-order valence-electron chi connectivity index (χ4n) is 4.40. The molecule has 7 nitrogen and oxygen atoms in total. The van der Waals surface area contributed by atoms with Gasteiger partial charge >= 0.3 is 0 Å². The van der Waals surface area contributed by atoms with Gasteiger partial charge in [-0.25, -0.2) is 4.98 Å². The monoisotopic (exact) mass is 481 g/mol. The molecule has 1 aromatic carbocycles. The summed E-state index contributed by atoms with van der Waals surface area (Å²) in [6.45, 7) is 6.59. The number of hydrogen-bond acceptors (Lipinski definition) is 6. The van der Waals surface area contributed by atoms with Gasteiger partial charge < -0.3 is 5.32 Å². The van der Waals surface area contributed by atoms with Crippen LogP contribution in [0.4, 0.5) is 5.95 Å². The first kappa shape index (κ1) is 22.1. The molecular formula is C24H25Cl2N7. The third-order valence-electron chi connectivity index (χ3n) is 6.13. The number of halogens is 2. The molecule has 1 N–H and O–H groups in total. The number of likely N-dealkylation sites (tertiary alicyclic amines) is 1. The second-order valence-corrected chi connectivity index (χ2v) is 9.43. The first-order valence-electron chi connectivity index (χ1n) is 11.1. The molecule has 0 bridgehead atoms. The van der Waals surface area contributed by atoms with E-state index >= 15 is 0 Å². The molecule has 0 amide bonds. The molecule has 5 rings (SSSR count). The van der Waals surface area contributed by atoms with Crippen LogP contribution in [0.25, 0.3) is 28.0 Å². The van der Waals surface area contributed by atoms with Gasteiger partial charge in [0.05, 0.1) is 21.3 Å². The van der Waals surface area contributed by atoms with Crippen molar-refractivity contribution in [2.24, 2.45) is 0 Å². The van der Waals surface area contributed by atoms with Crippen LogP contribution in [-0.2, 0) is 0 Å². The lowest BCUT2D eigenvalue weighted by Gasteiger charge is -2.36. The highest BCUT2D eigenvalue weighted by Gasteiger charge is 2.25. The number of hydrogen-bond donors (Lipinski definition) is 1. The highest BCUT2D eigenvalue weighted by molar-refractivity contribution is 6.42. The normalized spacial score (nSPS) is 17.1. The molecule has 1 fully saturated rings. The summed E-state index contributed by atoms with van der Waals surface area (Å²) in [5, 5.41) is 13.3. The van der Waals surface area contributed by atoms with Gasteiger partial charge in [0.15, 0.2) is 5.65 Å². The fourth-order valence-corrected chi connectivity index (χ4v) is 4.69. The molecule has 4 heterocycles. The van der Waals surface area contributed by atoms with Crippen LogP contribution < -0.4 is 5.32 Å². The van der Waals surface area contributed by atoms with Gasteiger partial charge in [0, 0.05) is 36.6 Å². The smallest absolute Gasteiger partial charge is 0.210 e. The molecule has 1 unspecified atom stereocenters. The van der Waals surface area contributed by atoms with Crippen molar-refractivity contribution in [3.63, 3.8) is 0 Å². The van der Waals surface area contributed by atoms with Crippen LogP contribution >= 0.6 is 23.2 Å². The van der Waals surface area contributed by atoms with Gasteiger partial charge in [0.25, 0.3) is 0 Å². The summed E-state index contributed by atoms with van der Waals surface area (Å²) >= 11 is 12.6. The van der Waals surface area contributed by atoms with Crippen LogP contribution in [-0.4, -0.2) is 54.6 Å². The van der Waals surface area contributed by atoms with Crippen molar-refractivity contribution in [3.8, 4) is 22.4 Å². The molecule has 33 heavy (non-hydrogen) atoms. The summed E-state index contributed by atoms with van der Waals surface area (Å²) in [6.07, 6.45) is 7.47. The number of anilines is 1. The SMILES string of the molecule is CC(C)N1CCCC(Nc2nc(-c3ccncc3)c(-c3ccc(Cl)c(Cl)c3)c3nncn23)C1. The summed E-state index contributed by atoms with van der Waals surface area (Å²) in [4.78, 5) is 11.8. The van der Waals surface area contributed by atoms with Crippen molar-refractivity contribution in [1.82, 2.24) is 29.5 Å². The van der Waals surface area contributed by atoms with E-state index < -0.39 is 0 Å². The van der Waals surface area contributed by atoms with E-state index in [-0.39, 0.29) is 0 Å². The quantitative estimate of drug-likeness (QED) is 0.408. The van der Waals surface area contributed by atoms with E-state index in [0.29, 0.717) is 27.8 Å². The lowest BCUT2D eigenvalue weighted by Crippen LogP contribution is -2.45. The number of rotatable bonds is 5. The third kappa shape index (κ3) is 4.40. The summed E-state index contributed by atoms with van der Waals surface area (Å²) in [7, 11) is 0. The molecule has 0 radical (unpaired) electrons. The van der Waals surface area contributed by atoms with Crippen molar-refractivity contribution >= 4 is 34.8 Å². The zero-order chi connectivity index (χ0) is 22.9. The number of piperidine rings is 1. The Kier molecular flexibility index (Phi) is 6.19. The molecule has 0 aliphatic carbocycles. The topological polar surface area (TPSA) is 71.2 Å². The molecule has 170 valence electrons. The van der Waals surface area contributed by atoms with Gasteiger partial charge in [-0.1, -0.05) is 29.3 Å². The number of benzene rings is 1. The third-order valence-corrected chi connectivity index (χ3v) is 6.87. The van der Waals surface area contributed by atoms with Crippen molar-refractivity contribution in [2.45, 2.75) is 38.8 Å². The van der Waals surface area contributed by atoms with E-state index in [4.69, 9.17) is 28.2 Å². The molecule has 0 saturated carbocycles. The van der Waals surface area contributed by atoms with E-state index in [1.54, 1.807) is 24.8 Å². The maximum Gasteiger partial charge on any atom is 0.210 e.